The van der Waals surface area contributed by atoms with E-state index in [2.05, 4.69) is 21.4 Å². The third kappa shape index (κ3) is 1.86. The van der Waals surface area contributed by atoms with Crippen LogP contribution in [0.4, 0.5) is 0 Å². The summed E-state index contributed by atoms with van der Waals surface area (Å²) in [6.45, 7) is 6.07. The molecule has 0 saturated carbocycles. The first-order chi connectivity index (χ1) is 7.18. The quantitative estimate of drug-likeness (QED) is 0.719. The van der Waals surface area contributed by atoms with Gasteiger partial charge in [0.05, 0.1) is 19.1 Å². The van der Waals surface area contributed by atoms with Gasteiger partial charge >= 0.3 is 0 Å². The molecule has 2 rings (SSSR count). The molecule has 0 aromatic carbocycles. The number of hydrogen-bond donors (Lipinski definition) is 1. The minimum Gasteiger partial charge on any atom is -0.375 e. The zero-order valence-electron chi connectivity index (χ0n) is 8.73. The summed E-state index contributed by atoms with van der Waals surface area (Å²) in [5.74, 6) is -0.0123. The lowest BCUT2D eigenvalue weighted by atomic mass is 10.2. The maximum Gasteiger partial charge on any atom is 0.272 e. The predicted octanol–water partition coefficient (Wildman–Crippen LogP) is 0.311. The standard InChI is InChI=1S/C10H14N4O/c1-8-6-14(4-3-13(8)2)10(15)9-5-11-7-12-9/h5,7H,1,3-4,6H2,2H3,(H,11,12). The van der Waals surface area contributed by atoms with Crippen molar-refractivity contribution in [1.29, 1.82) is 0 Å². The average Bonchev–Trinajstić information content (AvgIpc) is 2.74. The number of nitrogens with zero attached hydrogens (tertiary/aromatic N) is 3. The maximum atomic E-state index is 11.9. The van der Waals surface area contributed by atoms with Crippen molar-refractivity contribution in [1.82, 2.24) is 19.8 Å². The van der Waals surface area contributed by atoms with Crippen LogP contribution in [0.5, 0.6) is 0 Å². The van der Waals surface area contributed by atoms with Gasteiger partial charge in [0.15, 0.2) is 0 Å². The van der Waals surface area contributed by atoms with Crippen LogP contribution in [0.3, 0.4) is 0 Å². The Morgan fingerprint density at radius 1 is 1.60 bits per heavy atom. The van der Waals surface area contributed by atoms with Gasteiger partial charge in [0.1, 0.15) is 5.69 Å². The summed E-state index contributed by atoms with van der Waals surface area (Å²) >= 11 is 0. The van der Waals surface area contributed by atoms with Gasteiger partial charge in [-0.25, -0.2) is 4.98 Å². The molecule has 5 nitrogen and oxygen atoms in total. The van der Waals surface area contributed by atoms with E-state index >= 15 is 0 Å². The first kappa shape index (κ1) is 9.76. The van der Waals surface area contributed by atoms with Gasteiger partial charge in [-0.05, 0) is 0 Å². The molecule has 0 unspecified atom stereocenters. The first-order valence-corrected chi connectivity index (χ1v) is 4.85. The van der Waals surface area contributed by atoms with Crippen molar-refractivity contribution >= 4 is 5.91 Å². The number of likely N-dealkylation sites (N-methyl/N-ethyl adjacent to an activating group) is 1. The molecule has 1 N–H and O–H groups in total. The Labute approximate surface area is 88.4 Å². The van der Waals surface area contributed by atoms with Gasteiger partial charge in [-0.1, -0.05) is 6.58 Å². The fourth-order valence-electron chi connectivity index (χ4n) is 1.57. The molecule has 1 fully saturated rings. The normalized spacial score (nSPS) is 17.0. The molecule has 80 valence electrons. The van der Waals surface area contributed by atoms with E-state index in [0.29, 0.717) is 12.2 Å². The van der Waals surface area contributed by atoms with Crippen LogP contribution in [-0.4, -0.2) is 52.4 Å². The molecule has 1 aromatic rings. The topological polar surface area (TPSA) is 52.2 Å². The van der Waals surface area contributed by atoms with E-state index < -0.39 is 0 Å². The molecular formula is C10H14N4O. The second kappa shape index (κ2) is 3.76. The minimum absolute atomic E-state index is 0.0123. The lowest BCUT2D eigenvalue weighted by molar-refractivity contribution is 0.0708. The number of rotatable bonds is 1. The molecule has 1 amide bonds. The zero-order chi connectivity index (χ0) is 10.8. The molecule has 1 saturated heterocycles. The van der Waals surface area contributed by atoms with Crippen LogP contribution in [0, 0.1) is 0 Å². The number of piperazine rings is 1. The Kier molecular flexibility index (Phi) is 2.45. The summed E-state index contributed by atoms with van der Waals surface area (Å²) in [7, 11) is 1.99. The third-order valence-electron chi connectivity index (χ3n) is 2.63. The van der Waals surface area contributed by atoms with Crippen LogP contribution in [0.1, 0.15) is 10.5 Å². The van der Waals surface area contributed by atoms with Crippen LogP contribution in [-0.2, 0) is 0 Å². The summed E-state index contributed by atoms with van der Waals surface area (Å²) in [5, 5.41) is 0. The van der Waals surface area contributed by atoms with E-state index in [0.717, 1.165) is 18.8 Å². The van der Waals surface area contributed by atoms with Crippen molar-refractivity contribution in [3.8, 4) is 0 Å². The van der Waals surface area contributed by atoms with Crippen LogP contribution in [0.2, 0.25) is 0 Å². The molecule has 2 heterocycles. The molecule has 0 bridgehead atoms. The highest BCUT2D eigenvalue weighted by atomic mass is 16.2. The largest absolute Gasteiger partial charge is 0.375 e. The molecule has 15 heavy (non-hydrogen) atoms. The van der Waals surface area contributed by atoms with E-state index in [-0.39, 0.29) is 5.91 Å². The summed E-state index contributed by atoms with van der Waals surface area (Å²) in [6, 6.07) is 0. The molecule has 1 aliphatic heterocycles. The molecule has 0 spiro atoms. The van der Waals surface area contributed by atoms with Crippen LogP contribution in [0.15, 0.2) is 24.8 Å². The minimum atomic E-state index is -0.0123. The number of nitrogens with one attached hydrogen (secondary N) is 1. The lowest BCUT2D eigenvalue weighted by Gasteiger charge is -2.35. The molecule has 0 aliphatic carbocycles. The van der Waals surface area contributed by atoms with Crippen molar-refractivity contribution < 1.29 is 4.79 Å². The highest BCUT2D eigenvalue weighted by Gasteiger charge is 2.22. The molecule has 1 aliphatic rings. The third-order valence-corrected chi connectivity index (χ3v) is 2.63. The smallest absolute Gasteiger partial charge is 0.272 e. The number of aromatic nitrogens is 2. The zero-order valence-corrected chi connectivity index (χ0v) is 8.73. The van der Waals surface area contributed by atoms with Gasteiger partial charge in [-0.15, -0.1) is 0 Å². The first-order valence-electron chi connectivity index (χ1n) is 4.85. The molecular weight excluding hydrogens is 192 g/mol. The second-order valence-corrected chi connectivity index (χ2v) is 3.68. The van der Waals surface area contributed by atoms with Crippen molar-refractivity contribution in [2.45, 2.75) is 0 Å². The highest BCUT2D eigenvalue weighted by molar-refractivity contribution is 5.92. The SMILES string of the molecule is C=C1CN(C(=O)c2cnc[nH]2)CCN1C. The number of H-pyrrole nitrogens is 1. The molecule has 0 atom stereocenters. The number of aromatic amines is 1. The number of carbonyl (C=O) groups is 1. The van der Waals surface area contributed by atoms with Gasteiger partial charge in [0, 0.05) is 25.8 Å². The summed E-state index contributed by atoms with van der Waals surface area (Å²) in [6.07, 6.45) is 3.06. The summed E-state index contributed by atoms with van der Waals surface area (Å²) in [5.41, 5.74) is 1.50. The van der Waals surface area contributed by atoms with Gasteiger partial charge in [0.25, 0.3) is 5.91 Å². The Morgan fingerprint density at radius 2 is 2.40 bits per heavy atom. The van der Waals surface area contributed by atoms with Crippen molar-refractivity contribution in [3.05, 3.63) is 30.5 Å². The van der Waals surface area contributed by atoms with Gasteiger partial charge in [-0.2, -0.15) is 0 Å². The van der Waals surface area contributed by atoms with E-state index in [1.807, 2.05) is 7.05 Å². The van der Waals surface area contributed by atoms with E-state index in [1.165, 1.54) is 6.33 Å². The maximum absolute atomic E-state index is 11.9. The fraction of sp³-hybridized carbons (Fsp3) is 0.400. The summed E-state index contributed by atoms with van der Waals surface area (Å²) in [4.78, 5) is 22.4. The van der Waals surface area contributed by atoms with Crippen LogP contribution >= 0.6 is 0 Å². The van der Waals surface area contributed by atoms with Crippen molar-refractivity contribution in [2.75, 3.05) is 26.7 Å². The van der Waals surface area contributed by atoms with Crippen LogP contribution < -0.4 is 0 Å². The van der Waals surface area contributed by atoms with Crippen molar-refractivity contribution in [3.63, 3.8) is 0 Å². The number of carbonyl (C=O) groups excluding carboxylic acids is 1. The second-order valence-electron chi connectivity index (χ2n) is 3.68. The Morgan fingerprint density at radius 3 is 3.00 bits per heavy atom. The number of amides is 1. The molecule has 0 radical (unpaired) electrons. The van der Waals surface area contributed by atoms with Crippen molar-refractivity contribution in [2.24, 2.45) is 0 Å². The lowest BCUT2D eigenvalue weighted by Crippen LogP contribution is -2.45. The average molecular weight is 206 g/mol. The highest BCUT2D eigenvalue weighted by Crippen LogP contribution is 2.11. The molecule has 5 heteroatoms. The molecule has 1 aromatic heterocycles. The fourth-order valence-corrected chi connectivity index (χ4v) is 1.57. The predicted molar refractivity (Wildman–Crippen MR) is 56.3 cm³/mol. The van der Waals surface area contributed by atoms with Gasteiger partial charge in [0.2, 0.25) is 0 Å². The van der Waals surface area contributed by atoms with E-state index in [9.17, 15) is 4.79 Å². The Bertz CT molecular complexity index is 371. The van der Waals surface area contributed by atoms with Gasteiger partial charge in [-0.3, -0.25) is 4.79 Å². The van der Waals surface area contributed by atoms with Crippen LogP contribution in [0.25, 0.3) is 0 Å². The monoisotopic (exact) mass is 206 g/mol. The van der Waals surface area contributed by atoms with E-state index in [4.69, 9.17) is 0 Å². The van der Waals surface area contributed by atoms with E-state index in [1.54, 1.807) is 11.1 Å². The Balaban J connectivity index is 2.07. The number of hydrogen-bond acceptors (Lipinski definition) is 3. The Hall–Kier alpha value is -1.78. The number of imidazole rings is 1. The van der Waals surface area contributed by atoms with Gasteiger partial charge < -0.3 is 14.8 Å². The summed E-state index contributed by atoms with van der Waals surface area (Å²) < 4.78 is 0.